The average molecular weight is 193 g/mol. The Morgan fingerprint density at radius 3 is 2.69 bits per heavy atom. The van der Waals surface area contributed by atoms with Crippen molar-refractivity contribution in [2.75, 3.05) is 0 Å². The van der Waals surface area contributed by atoms with Gasteiger partial charge >= 0.3 is 0 Å². The Bertz CT molecular complexity index is 337. The molecule has 13 heavy (non-hydrogen) atoms. The van der Waals surface area contributed by atoms with E-state index < -0.39 is 0 Å². The third-order valence-electron chi connectivity index (χ3n) is 1.79. The van der Waals surface area contributed by atoms with Crippen molar-refractivity contribution in [3.8, 4) is 0 Å². The van der Waals surface area contributed by atoms with Crippen molar-refractivity contribution in [2.24, 2.45) is 0 Å². The highest BCUT2D eigenvalue weighted by molar-refractivity contribution is 6.32. The van der Waals surface area contributed by atoms with Crippen LogP contribution in [0.2, 0.25) is 5.02 Å². The molecule has 1 aromatic rings. The normalized spacial score (nSPS) is 9.69. The summed E-state index contributed by atoms with van der Waals surface area (Å²) < 4.78 is 0. The lowest BCUT2D eigenvalue weighted by Crippen LogP contribution is -1.86. The van der Waals surface area contributed by atoms with E-state index in [0.29, 0.717) is 0 Å². The Labute approximate surface area is 84.5 Å². The second kappa shape index (κ2) is 4.29. The molecule has 1 aromatic carbocycles. The van der Waals surface area contributed by atoms with E-state index in [1.54, 1.807) is 6.08 Å². The number of hydrogen-bond acceptors (Lipinski definition) is 0. The highest BCUT2D eigenvalue weighted by atomic mass is 35.5. The summed E-state index contributed by atoms with van der Waals surface area (Å²) in [5, 5.41) is 0.758. The van der Waals surface area contributed by atoms with Gasteiger partial charge in [0.2, 0.25) is 0 Å². The van der Waals surface area contributed by atoms with Gasteiger partial charge in [-0.1, -0.05) is 48.5 Å². The molecule has 0 nitrogen and oxygen atoms in total. The van der Waals surface area contributed by atoms with E-state index in [-0.39, 0.29) is 0 Å². The molecule has 0 saturated heterocycles. The SMILES string of the molecule is C=Cc1ccc(CC(=C)C)cc1Cl. The highest BCUT2D eigenvalue weighted by Crippen LogP contribution is 2.20. The van der Waals surface area contributed by atoms with E-state index in [1.807, 2.05) is 19.1 Å². The average Bonchev–Trinajstić information content (AvgIpc) is 2.03. The fraction of sp³-hybridized carbons (Fsp3) is 0.167. The summed E-state index contributed by atoms with van der Waals surface area (Å²) in [6.07, 6.45) is 2.64. The van der Waals surface area contributed by atoms with Gasteiger partial charge < -0.3 is 0 Å². The van der Waals surface area contributed by atoms with Crippen LogP contribution in [0.4, 0.5) is 0 Å². The lowest BCUT2D eigenvalue weighted by atomic mass is 10.1. The first kappa shape index (κ1) is 10.1. The van der Waals surface area contributed by atoms with Gasteiger partial charge in [-0.2, -0.15) is 0 Å². The van der Waals surface area contributed by atoms with Gasteiger partial charge in [-0.05, 0) is 30.5 Å². The molecule has 0 amide bonds. The zero-order valence-electron chi connectivity index (χ0n) is 7.81. The van der Waals surface area contributed by atoms with E-state index in [9.17, 15) is 0 Å². The zero-order chi connectivity index (χ0) is 9.84. The molecule has 0 aliphatic rings. The van der Waals surface area contributed by atoms with Crippen molar-refractivity contribution in [3.63, 3.8) is 0 Å². The summed E-state index contributed by atoms with van der Waals surface area (Å²) in [6, 6.07) is 6.00. The smallest absolute Gasteiger partial charge is 0.0481 e. The van der Waals surface area contributed by atoms with Crippen LogP contribution < -0.4 is 0 Å². The molecule has 0 bridgehead atoms. The minimum absolute atomic E-state index is 0.758. The topological polar surface area (TPSA) is 0 Å². The maximum atomic E-state index is 6.01. The molecule has 0 heterocycles. The van der Waals surface area contributed by atoms with Gasteiger partial charge in [-0.25, -0.2) is 0 Å². The molecular weight excluding hydrogens is 180 g/mol. The van der Waals surface area contributed by atoms with Crippen molar-refractivity contribution in [1.82, 2.24) is 0 Å². The third kappa shape index (κ3) is 2.74. The maximum Gasteiger partial charge on any atom is 0.0481 e. The van der Waals surface area contributed by atoms with E-state index >= 15 is 0 Å². The van der Waals surface area contributed by atoms with Gasteiger partial charge in [0.25, 0.3) is 0 Å². The Morgan fingerprint density at radius 2 is 2.23 bits per heavy atom. The molecular formula is C12H13Cl. The summed E-state index contributed by atoms with van der Waals surface area (Å²) in [5.74, 6) is 0. The monoisotopic (exact) mass is 192 g/mol. The summed E-state index contributed by atoms with van der Waals surface area (Å²) in [7, 11) is 0. The Morgan fingerprint density at radius 1 is 1.54 bits per heavy atom. The predicted molar refractivity (Wildman–Crippen MR) is 60.1 cm³/mol. The van der Waals surface area contributed by atoms with Crippen LogP contribution >= 0.6 is 11.6 Å². The van der Waals surface area contributed by atoms with Gasteiger partial charge in [0.05, 0.1) is 0 Å². The van der Waals surface area contributed by atoms with Crippen LogP contribution in [-0.4, -0.2) is 0 Å². The van der Waals surface area contributed by atoms with Crippen LogP contribution in [0.1, 0.15) is 18.1 Å². The first-order valence-corrected chi connectivity index (χ1v) is 4.56. The number of benzene rings is 1. The fourth-order valence-electron chi connectivity index (χ4n) is 1.19. The molecule has 0 spiro atoms. The third-order valence-corrected chi connectivity index (χ3v) is 2.12. The molecule has 1 heteroatoms. The van der Waals surface area contributed by atoms with E-state index in [4.69, 9.17) is 11.6 Å². The van der Waals surface area contributed by atoms with Crippen LogP contribution in [0.3, 0.4) is 0 Å². The second-order valence-electron chi connectivity index (χ2n) is 3.19. The molecule has 0 aromatic heterocycles. The lowest BCUT2D eigenvalue weighted by Gasteiger charge is -2.03. The van der Waals surface area contributed by atoms with Crippen molar-refractivity contribution < 1.29 is 0 Å². The summed E-state index contributed by atoms with van der Waals surface area (Å²) in [4.78, 5) is 0. The minimum atomic E-state index is 0.758. The van der Waals surface area contributed by atoms with Gasteiger partial charge in [0.15, 0.2) is 0 Å². The van der Waals surface area contributed by atoms with Gasteiger partial charge in [-0.3, -0.25) is 0 Å². The van der Waals surface area contributed by atoms with Crippen molar-refractivity contribution in [1.29, 1.82) is 0 Å². The number of halogens is 1. The Kier molecular flexibility index (Phi) is 3.32. The zero-order valence-corrected chi connectivity index (χ0v) is 8.56. The quantitative estimate of drug-likeness (QED) is 0.633. The van der Waals surface area contributed by atoms with E-state index in [0.717, 1.165) is 22.6 Å². The van der Waals surface area contributed by atoms with Crippen LogP contribution in [-0.2, 0) is 6.42 Å². The molecule has 0 radical (unpaired) electrons. The van der Waals surface area contributed by atoms with Crippen molar-refractivity contribution in [3.05, 3.63) is 53.1 Å². The maximum absolute atomic E-state index is 6.01. The van der Waals surface area contributed by atoms with E-state index in [1.165, 1.54) is 5.56 Å². The molecule has 0 N–H and O–H groups in total. The summed E-state index contributed by atoms with van der Waals surface area (Å²) in [5.41, 5.74) is 3.32. The number of hydrogen-bond donors (Lipinski definition) is 0. The minimum Gasteiger partial charge on any atom is -0.0998 e. The van der Waals surface area contributed by atoms with Gasteiger partial charge in [0, 0.05) is 5.02 Å². The first-order valence-electron chi connectivity index (χ1n) is 4.18. The molecule has 1 rings (SSSR count). The molecule has 0 aliphatic heterocycles. The molecule has 0 saturated carbocycles. The van der Waals surface area contributed by atoms with Gasteiger partial charge in [-0.15, -0.1) is 0 Å². The Balaban J connectivity index is 2.95. The number of rotatable bonds is 3. The predicted octanol–water partition coefficient (Wildman–Crippen LogP) is 4.10. The largest absolute Gasteiger partial charge is 0.0998 e. The molecule has 0 atom stereocenters. The molecule has 0 fully saturated rings. The second-order valence-corrected chi connectivity index (χ2v) is 3.60. The fourth-order valence-corrected chi connectivity index (χ4v) is 1.47. The lowest BCUT2D eigenvalue weighted by molar-refractivity contribution is 1.15. The van der Waals surface area contributed by atoms with Crippen molar-refractivity contribution in [2.45, 2.75) is 13.3 Å². The summed E-state index contributed by atoms with van der Waals surface area (Å²) >= 11 is 6.01. The Hall–Kier alpha value is -1.01. The van der Waals surface area contributed by atoms with Gasteiger partial charge in [0.1, 0.15) is 0 Å². The van der Waals surface area contributed by atoms with E-state index in [2.05, 4.69) is 19.2 Å². The first-order chi connectivity index (χ1) is 6.13. The standard InChI is InChI=1S/C12H13Cl/c1-4-11-6-5-10(7-9(2)3)8-12(11)13/h4-6,8H,1-2,7H2,3H3. The molecule has 0 unspecified atom stereocenters. The highest BCUT2D eigenvalue weighted by Gasteiger charge is 1.98. The van der Waals surface area contributed by atoms with Crippen LogP contribution in [0.5, 0.6) is 0 Å². The molecule has 0 aliphatic carbocycles. The number of allylic oxidation sites excluding steroid dienone is 1. The summed E-state index contributed by atoms with van der Waals surface area (Å²) in [6.45, 7) is 9.55. The van der Waals surface area contributed by atoms with Crippen molar-refractivity contribution >= 4 is 17.7 Å². The van der Waals surface area contributed by atoms with Crippen LogP contribution in [0, 0.1) is 0 Å². The van der Waals surface area contributed by atoms with Crippen LogP contribution in [0.15, 0.2) is 36.9 Å². The molecule has 68 valence electrons. The van der Waals surface area contributed by atoms with Crippen LogP contribution in [0.25, 0.3) is 6.08 Å².